The average molecular weight is 448 g/mol. The maximum Gasteiger partial charge on any atom is 0.245 e. The quantitative estimate of drug-likeness (QED) is 0.708. The van der Waals surface area contributed by atoms with Gasteiger partial charge in [-0.05, 0) is 49.6 Å². The van der Waals surface area contributed by atoms with Crippen molar-refractivity contribution in [1.29, 1.82) is 0 Å². The van der Waals surface area contributed by atoms with E-state index in [-0.39, 0.29) is 35.7 Å². The van der Waals surface area contributed by atoms with Gasteiger partial charge in [0.15, 0.2) is 0 Å². The van der Waals surface area contributed by atoms with Gasteiger partial charge in [0.2, 0.25) is 21.8 Å². The molecule has 0 aromatic heterocycles. The molecule has 2 amide bonds. The monoisotopic (exact) mass is 447 g/mol. The van der Waals surface area contributed by atoms with Crippen LogP contribution in [0.25, 0.3) is 0 Å². The van der Waals surface area contributed by atoms with Crippen molar-refractivity contribution in [1.82, 2.24) is 4.31 Å². The Morgan fingerprint density at radius 1 is 1.10 bits per heavy atom. The predicted octanol–water partition coefficient (Wildman–Crippen LogP) is 3.52. The third kappa shape index (κ3) is 5.29. The Labute approximate surface area is 181 Å². The van der Waals surface area contributed by atoms with Crippen molar-refractivity contribution in [2.45, 2.75) is 38.0 Å². The van der Waals surface area contributed by atoms with Crippen molar-refractivity contribution in [3.05, 3.63) is 53.8 Å². The lowest BCUT2D eigenvalue weighted by atomic mass is 9.97. The smallest absolute Gasteiger partial charge is 0.245 e. The fourth-order valence-electron chi connectivity index (χ4n) is 3.47. The molecule has 0 radical (unpaired) electrons. The van der Waals surface area contributed by atoms with Crippen molar-refractivity contribution < 1.29 is 22.4 Å². The number of aryl methyl sites for hydroxylation is 1. The number of benzene rings is 2. The molecule has 0 unspecified atom stereocenters. The number of amides is 2. The summed E-state index contributed by atoms with van der Waals surface area (Å²) in [6, 6.07) is 10.6. The normalized spacial score (nSPS) is 15.5. The second kappa shape index (κ2) is 9.57. The van der Waals surface area contributed by atoms with Crippen molar-refractivity contribution in [2.75, 3.05) is 23.7 Å². The molecule has 7 nitrogen and oxygen atoms in total. The van der Waals surface area contributed by atoms with Gasteiger partial charge in [0.05, 0.1) is 0 Å². The Balaban J connectivity index is 1.64. The van der Waals surface area contributed by atoms with Gasteiger partial charge < -0.3 is 10.6 Å². The largest absolute Gasteiger partial charge is 0.326 e. The van der Waals surface area contributed by atoms with Gasteiger partial charge in [0, 0.05) is 36.8 Å². The summed E-state index contributed by atoms with van der Waals surface area (Å²) < 4.78 is 40.6. The molecule has 0 saturated carbocycles. The van der Waals surface area contributed by atoms with E-state index in [1.165, 1.54) is 22.5 Å². The molecule has 1 saturated heterocycles. The fourth-order valence-corrected chi connectivity index (χ4v) is 5.00. The number of halogens is 1. The predicted molar refractivity (Wildman–Crippen MR) is 117 cm³/mol. The Bertz CT molecular complexity index is 1080. The SMILES string of the molecule is CCC(=O)Nc1ccc(C)c(NC(=O)C2CCN(S(=O)(=O)c3ccccc3F)CC2)c1. The first-order valence-corrected chi connectivity index (χ1v) is 11.6. The summed E-state index contributed by atoms with van der Waals surface area (Å²) in [5.41, 5.74) is 2.04. The molecule has 0 aliphatic carbocycles. The molecular formula is C22H26FN3O4S. The second-order valence-corrected chi connectivity index (χ2v) is 9.44. The maximum absolute atomic E-state index is 14.0. The van der Waals surface area contributed by atoms with Crippen LogP contribution in [0.2, 0.25) is 0 Å². The maximum atomic E-state index is 14.0. The van der Waals surface area contributed by atoms with Gasteiger partial charge in [-0.2, -0.15) is 4.31 Å². The molecule has 166 valence electrons. The highest BCUT2D eigenvalue weighted by atomic mass is 32.2. The van der Waals surface area contributed by atoms with E-state index in [9.17, 15) is 22.4 Å². The van der Waals surface area contributed by atoms with E-state index in [1.807, 2.05) is 13.0 Å². The number of carbonyl (C=O) groups is 2. The van der Waals surface area contributed by atoms with E-state index < -0.39 is 15.8 Å². The van der Waals surface area contributed by atoms with E-state index in [0.717, 1.165) is 11.6 Å². The van der Waals surface area contributed by atoms with E-state index >= 15 is 0 Å². The van der Waals surface area contributed by atoms with E-state index in [2.05, 4.69) is 10.6 Å². The molecule has 1 aliphatic heterocycles. The summed E-state index contributed by atoms with van der Waals surface area (Å²) in [6.07, 6.45) is 1.03. The van der Waals surface area contributed by atoms with Gasteiger partial charge in [0.1, 0.15) is 10.7 Å². The Morgan fingerprint density at radius 3 is 2.42 bits per heavy atom. The highest BCUT2D eigenvalue weighted by Gasteiger charge is 2.33. The minimum Gasteiger partial charge on any atom is -0.326 e. The first-order valence-electron chi connectivity index (χ1n) is 10.2. The lowest BCUT2D eigenvalue weighted by Gasteiger charge is -2.30. The lowest BCUT2D eigenvalue weighted by molar-refractivity contribution is -0.121. The Hall–Kier alpha value is -2.78. The van der Waals surface area contributed by atoms with Gasteiger partial charge in [0.25, 0.3) is 0 Å². The molecule has 2 N–H and O–H groups in total. The molecule has 31 heavy (non-hydrogen) atoms. The third-order valence-corrected chi connectivity index (χ3v) is 7.31. The number of rotatable bonds is 6. The molecule has 3 rings (SSSR count). The number of nitrogens with zero attached hydrogens (tertiary/aromatic N) is 1. The van der Waals surface area contributed by atoms with Crippen molar-refractivity contribution in [2.24, 2.45) is 5.92 Å². The lowest BCUT2D eigenvalue weighted by Crippen LogP contribution is -2.41. The zero-order chi connectivity index (χ0) is 22.6. The molecule has 0 bridgehead atoms. The zero-order valence-electron chi connectivity index (χ0n) is 17.5. The standard InChI is InChI=1S/C22H26FN3O4S/c1-3-21(27)24-17-9-8-15(2)19(14-17)25-22(28)16-10-12-26(13-11-16)31(29,30)20-7-5-4-6-18(20)23/h4-9,14,16H,3,10-13H2,1-2H3,(H,24,27)(H,25,28). The van der Waals surface area contributed by atoms with Gasteiger partial charge in [-0.1, -0.05) is 25.1 Å². The second-order valence-electron chi connectivity index (χ2n) is 7.53. The van der Waals surface area contributed by atoms with Crippen LogP contribution in [0.5, 0.6) is 0 Å². The minimum atomic E-state index is -3.94. The van der Waals surface area contributed by atoms with Crippen molar-refractivity contribution in [3.63, 3.8) is 0 Å². The Kier molecular flexibility index (Phi) is 7.07. The van der Waals surface area contributed by atoms with Crippen LogP contribution in [0.1, 0.15) is 31.7 Å². The molecule has 0 spiro atoms. The van der Waals surface area contributed by atoms with E-state index in [4.69, 9.17) is 0 Å². The molecule has 0 atom stereocenters. The van der Waals surface area contributed by atoms with Gasteiger partial charge in [-0.3, -0.25) is 9.59 Å². The van der Waals surface area contributed by atoms with Crippen molar-refractivity contribution >= 4 is 33.2 Å². The summed E-state index contributed by atoms with van der Waals surface area (Å²) in [7, 11) is -3.94. The van der Waals surface area contributed by atoms with Crippen LogP contribution in [0.15, 0.2) is 47.4 Å². The zero-order valence-corrected chi connectivity index (χ0v) is 18.3. The summed E-state index contributed by atoms with van der Waals surface area (Å²) in [4.78, 5) is 24.0. The van der Waals surface area contributed by atoms with Crippen LogP contribution in [-0.2, 0) is 19.6 Å². The first-order chi connectivity index (χ1) is 14.7. The van der Waals surface area contributed by atoms with Gasteiger partial charge in [-0.15, -0.1) is 0 Å². The number of anilines is 2. The molecule has 1 fully saturated rings. The van der Waals surface area contributed by atoms with Gasteiger partial charge in [-0.25, -0.2) is 12.8 Å². The molecular weight excluding hydrogens is 421 g/mol. The van der Waals surface area contributed by atoms with E-state index in [1.54, 1.807) is 19.1 Å². The van der Waals surface area contributed by atoms with Crippen LogP contribution < -0.4 is 10.6 Å². The number of hydrogen-bond acceptors (Lipinski definition) is 4. The molecule has 9 heteroatoms. The van der Waals surface area contributed by atoms with Crippen molar-refractivity contribution in [3.8, 4) is 0 Å². The van der Waals surface area contributed by atoms with Crippen LogP contribution >= 0.6 is 0 Å². The third-order valence-electron chi connectivity index (χ3n) is 5.38. The summed E-state index contributed by atoms with van der Waals surface area (Å²) in [5, 5.41) is 5.65. The van der Waals surface area contributed by atoms with Crippen LogP contribution in [0, 0.1) is 18.7 Å². The van der Waals surface area contributed by atoms with Crippen LogP contribution in [-0.4, -0.2) is 37.6 Å². The topological polar surface area (TPSA) is 95.6 Å². The fraction of sp³-hybridized carbons (Fsp3) is 0.364. The number of piperidine rings is 1. The minimum absolute atomic E-state index is 0.121. The van der Waals surface area contributed by atoms with Crippen LogP contribution in [0.4, 0.5) is 15.8 Å². The van der Waals surface area contributed by atoms with Gasteiger partial charge >= 0.3 is 0 Å². The first kappa shape index (κ1) is 22.9. The highest BCUT2D eigenvalue weighted by Crippen LogP contribution is 2.27. The highest BCUT2D eigenvalue weighted by molar-refractivity contribution is 7.89. The molecule has 1 aliphatic rings. The molecule has 2 aromatic rings. The average Bonchev–Trinajstić information content (AvgIpc) is 2.76. The summed E-state index contributed by atoms with van der Waals surface area (Å²) in [6.45, 7) is 3.89. The number of sulfonamides is 1. The summed E-state index contributed by atoms with van der Waals surface area (Å²) >= 11 is 0. The van der Waals surface area contributed by atoms with Crippen LogP contribution in [0.3, 0.4) is 0 Å². The number of nitrogens with one attached hydrogen (secondary N) is 2. The molecule has 1 heterocycles. The number of hydrogen-bond donors (Lipinski definition) is 2. The Morgan fingerprint density at radius 2 is 1.77 bits per heavy atom. The number of carbonyl (C=O) groups excluding carboxylic acids is 2. The molecule has 2 aromatic carbocycles. The van der Waals surface area contributed by atoms with E-state index in [0.29, 0.717) is 30.6 Å². The summed E-state index contributed by atoms with van der Waals surface area (Å²) in [5.74, 6) is -1.47.